The highest BCUT2D eigenvalue weighted by Crippen LogP contribution is 2.49. The van der Waals surface area contributed by atoms with Gasteiger partial charge in [0.05, 0.1) is 22.4 Å². The van der Waals surface area contributed by atoms with Crippen LogP contribution in [0.3, 0.4) is 0 Å². The zero-order valence-electron chi connectivity index (χ0n) is 15.9. The molecule has 0 aliphatic carbocycles. The molecule has 0 saturated heterocycles. The van der Waals surface area contributed by atoms with Crippen LogP contribution >= 0.6 is 23.4 Å². The molecule has 1 atom stereocenters. The highest BCUT2D eigenvalue weighted by Gasteiger charge is 2.30. The molecule has 30 heavy (non-hydrogen) atoms. The second-order valence-corrected chi connectivity index (χ2v) is 10.3. The molecule has 3 aromatic carbocycles. The molecule has 152 valence electrons. The predicted octanol–water partition coefficient (Wildman–Crippen LogP) is 6.48. The highest BCUT2D eigenvalue weighted by molar-refractivity contribution is 8.00. The molecule has 0 amide bonds. The third kappa shape index (κ3) is 3.33. The number of para-hydroxylation sites is 2. The summed E-state index contributed by atoms with van der Waals surface area (Å²) in [5.74, 6) is 0. The van der Waals surface area contributed by atoms with E-state index in [4.69, 9.17) is 16.0 Å². The van der Waals surface area contributed by atoms with Crippen molar-refractivity contribution >= 4 is 61.4 Å². The number of sulfonamides is 1. The second-order valence-electron chi connectivity index (χ2n) is 6.93. The number of furan rings is 1. The summed E-state index contributed by atoms with van der Waals surface area (Å²) in [5, 5.41) is 1.12. The Morgan fingerprint density at radius 3 is 2.60 bits per heavy atom. The van der Waals surface area contributed by atoms with Gasteiger partial charge in [-0.3, -0.25) is 4.72 Å². The van der Waals surface area contributed by atoms with Crippen LogP contribution < -0.4 is 9.62 Å². The number of benzene rings is 3. The second kappa shape index (κ2) is 7.27. The number of nitrogens with one attached hydrogen (secondary N) is 1. The lowest BCUT2D eigenvalue weighted by Crippen LogP contribution is -2.23. The lowest BCUT2D eigenvalue weighted by atomic mass is 10.2. The summed E-state index contributed by atoms with van der Waals surface area (Å²) in [4.78, 5) is 3.25. The third-order valence-corrected chi connectivity index (χ3v) is 7.52. The van der Waals surface area contributed by atoms with Gasteiger partial charge in [-0.2, -0.15) is 8.42 Å². The molecule has 1 aliphatic rings. The molecule has 0 fully saturated rings. The standard InChI is InChI=1S/C22H17ClN2O3S2/c1-14-25(19-7-3-5-9-21(19)29-14)18-11-10-16(23)13-17(18)24-30(26,27)22-12-15-6-2-4-8-20(15)28-22/h2-14,24H,1H3. The van der Waals surface area contributed by atoms with E-state index in [0.29, 0.717) is 16.3 Å². The maximum atomic E-state index is 13.1. The van der Waals surface area contributed by atoms with Crippen molar-refractivity contribution in [2.75, 3.05) is 9.62 Å². The molecular weight excluding hydrogens is 440 g/mol. The van der Waals surface area contributed by atoms with Crippen LogP contribution in [0.2, 0.25) is 5.02 Å². The third-order valence-electron chi connectivity index (χ3n) is 4.92. The van der Waals surface area contributed by atoms with Crippen molar-refractivity contribution in [2.24, 2.45) is 0 Å². The quantitative estimate of drug-likeness (QED) is 0.381. The maximum Gasteiger partial charge on any atom is 0.295 e. The smallest absolute Gasteiger partial charge is 0.295 e. The fraction of sp³-hybridized carbons (Fsp3) is 0.0909. The molecule has 4 aromatic rings. The molecule has 1 aliphatic heterocycles. The minimum atomic E-state index is -3.95. The summed E-state index contributed by atoms with van der Waals surface area (Å²) >= 11 is 7.94. The number of fused-ring (bicyclic) bond motifs is 2. The fourth-order valence-electron chi connectivity index (χ4n) is 3.60. The highest BCUT2D eigenvalue weighted by atomic mass is 35.5. The molecule has 0 spiro atoms. The van der Waals surface area contributed by atoms with Crippen LogP contribution in [0.25, 0.3) is 11.0 Å². The number of nitrogens with zero attached hydrogens (tertiary/aromatic N) is 1. The molecule has 0 saturated carbocycles. The van der Waals surface area contributed by atoms with E-state index in [0.717, 1.165) is 21.7 Å². The van der Waals surface area contributed by atoms with Crippen LogP contribution in [0.1, 0.15) is 6.92 Å². The van der Waals surface area contributed by atoms with Gasteiger partial charge in [0.2, 0.25) is 5.09 Å². The van der Waals surface area contributed by atoms with Gasteiger partial charge in [-0.05, 0) is 43.3 Å². The van der Waals surface area contributed by atoms with Crippen LogP contribution in [-0.2, 0) is 10.0 Å². The van der Waals surface area contributed by atoms with Crippen molar-refractivity contribution in [1.82, 2.24) is 0 Å². The summed E-state index contributed by atoms with van der Waals surface area (Å²) in [7, 11) is -3.95. The molecule has 0 radical (unpaired) electrons. The van der Waals surface area contributed by atoms with Crippen molar-refractivity contribution in [3.63, 3.8) is 0 Å². The van der Waals surface area contributed by atoms with Crippen molar-refractivity contribution in [3.8, 4) is 0 Å². The zero-order chi connectivity index (χ0) is 20.9. The maximum absolute atomic E-state index is 13.1. The Morgan fingerprint density at radius 1 is 1.00 bits per heavy atom. The van der Waals surface area contributed by atoms with Gasteiger partial charge in [0.15, 0.2) is 0 Å². The van der Waals surface area contributed by atoms with Gasteiger partial charge in [-0.1, -0.05) is 53.7 Å². The van der Waals surface area contributed by atoms with E-state index < -0.39 is 10.0 Å². The van der Waals surface area contributed by atoms with E-state index in [-0.39, 0.29) is 10.5 Å². The van der Waals surface area contributed by atoms with Gasteiger partial charge < -0.3 is 9.32 Å². The van der Waals surface area contributed by atoms with Crippen LogP contribution in [0, 0.1) is 0 Å². The average Bonchev–Trinajstić information content (AvgIpc) is 3.29. The molecular formula is C22H17ClN2O3S2. The van der Waals surface area contributed by atoms with Crippen molar-refractivity contribution in [3.05, 3.63) is 77.8 Å². The Morgan fingerprint density at radius 2 is 1.77 bits per heavy atom. The number of anilines is 3. The topological polar surface area (TPSA) is 62.6 Å². The normalized spacial score (nSPS) is 16.1. The van der Waals surface area contributed by atoms with E-state index in [2.05, 4.69) is 22.6 Å². The number of thioether (sulfide) groups is 1. The first-order valence-electron chi connectivity index (χ1n) is 9.28. The van der Waals surface area contributed by atoms with E-state index >= 15 is 0 Å². The average molecular weight is 457 g/mol. The van der Waals surface area contributed by atoms with Crippen LogP contribution in [0.4, 0.5) is 17.1 Å². The summed E-state index contributed by atoms with van der Waals surface area (Å²) in [6.45, 7) is 2.08. The van der Waals surface area contributed by atoms with E-state index in [1.807, 2.05) is 36.4 Å². The van der Waals surface area contributed by atoms with Crippen molar-refractivity contribution in [1.29, 1.82) is 0 Å². The molecule has 5 nitrogen and oxygen atoms in total. The monoisotopic (exact) mass is 456 g/mol. The molecule has 2 heterocycles. The van der Waals surface area contributed by atoms with Crippen LogP contribution in [-0.4, -0.2) is 13.8 Å². The molecule has 5 rings (SSSR count). The van der Waals surface area contributed by atoms with Gasteiger partial charge in [0.25, 0.3) is 10.0 Å². The summed E-state index contributed by atoms with van der Waals surface area (Å²) in [5.41, 5.74) is 2.67. The van der Waals surface area contributed by atoms with E-state index in [1.54, 1.807) is 36.0 Å². The molecule has 0 bridgehead atoms. The summed E-state index contributed by atoms with van der Waals surface area (Å²) in [6, 6.07) is 22.0. The minimum Gasteiger partial charge on any atom is -0.443 e. The molecule has 8 heteroatoms. The van der Waals surface area contributed by atoms with Crippen LogP contribution in [0.15, 0.2) is 87.2 Å². The van der Waals surface area contributed by atoms with Crippen molar-refractivity contribution in [2.45, 2.75) is 22.3 Å². The van der Waals surface area contributed by atoms with Gasteiger partial charge in [-0.25, -0.2) is 0 Å². The Labute approximate surface area is 183 Å². The zero-order valence-corrected chi connectivity index (χ0v) is 18.3. The Balaban J connectivity index is 1.58. The van der Waals surface area contributed by atoms with Crippen molar-refractivity contribution < 1.29 is 12.8 Å². The minimum absolute atomic E-state index is 0.0954. The largest absolute Gasteiger partial charge is 0.443 e. The predicted molar refractivity (Wildman–Crippen MR) is 122 cm³/mol. The van der Waals surface area contributed by atoms with Gasteiger partial charge in [0, 0.05) is 21.4 Å². The summed E-state index contributed by atoms with van der Waals surface area (Å²) in [6.07, 6.45) is 0. The van der Waals surface area contributed by atoms with E-state index in [9.17, 15) is 8.42 Å². The van der Waals surface area contributed by atoms with Crippen LogP contribution in [0.5, 0.6) is 0 Å². The first kappa shape index (κ1) is 19.4. The lowest BCUT2D eigenvalue weighted by molar-refractivity contribution is 0.484. The Kier molecular flexibility index (Phi) is 4.69. The molecule has 1 aromatic heterocycles. The Hall–Kier alpha value is -2.61. The fourth-order valence-corrected chi connectivity index (χ4v) is 5.95. The Bertz CT molecular complexity index is 1330. The number of hydrogen-bond acceptors (Lipinski definition) is 5. The molecule has 1 unspecified atom stereocenters. The number of rotatable bonds is 4. The van der Waals surface area contributed by atoms with Gasteiger partial charge >= 0.3 is 0 Å². The van der Waals surface area contributed by atoms with Gasteiger partial charge in [0.1, 0.15) is 5.58 Å². The number of halogens is 1. The van der Waals surface area contributed by atoms with Gasteiger partial charge in [-0.15, -0.1) is 0 Å². The molecule has 1 N–H and O–H groups in total. The SMILES string of the molecule is CC1Sc2ccccc2N1c1ccc(Cl)cc1NS(=O)(=O)c1cc2ccccc2o1. The number of hydrogen-bond donors (Lipinski definition) is 1. The van der Waals surface area contributed by atoms with E-state index in [1.165, 1.54) is 6.07 Å². The first-order chi connectivity index (χ1) is 14.4. The lowest BCUT2D eigenvalue weighted by Gasteiger charge is -2.26. The summed E-state index contributed by atoms with van der Waals surface area (Å²) < 4.78 is 34.5. The first-order valence-corrected chi connectivity index (χ1v) is 12.0.